The molecule has 0 unspecified atom stereocenters. The summed E-state index contributed by atoms with van der Waals surface area (Å²) in [6, 6.07) is 11.8. The standard InChI is InChI=1S/C14H11ClO2/c15-12-7-8-14(17)11(9-12)6-5-10-3-1-2-4-13(10)16/h1-9,16-17H/b6-5+. The number of benzene rings is 2. The molecule has 0 bridgehead atoms. The second kappa shape index (κ2) is 4.93. The zero-order chi connectivity index (χ0) is 12.3. The molecular weight excluding hydrogens is 236 g/mol. The average molecular weight is 247 g/mol. The number of hydrogen-bond donors (Lipinski definition) is 2. The van der Waals surface area contributed by atoms with Gasteiger partial charge < -0.3 is 10.2 Å². The Balaban J connectivity index is 2.32. The van der Waals surface area contributed by atoms with Crippen molar-refractivity contribution in [3.63, 3.8) is 0 Å². The van der Waals surface area contributed by atoms with Gasteiger partial charge in [0.05, 0.1) is 0 Å². The summed E-state index contributed by atoms with van der Waals surface area (Å²) >= 11 is 5.84. The summed E-state index contributed by atoms with van der Waals surface area (Å²) in [5.41, 5.74) is 1.30. The van der Waals surface area contributed by atoms with Gasteiger partial charge in [-0.1, -0.05) is 42.0 Å². The molecule has 0 saturated carbocycles. The van der Waals surface area contributed by atoms with Crippen molar-refractivity contribution in [3.05, 3.63) is 58.6 Å². The van der Waals surface area contributed by atoms with Gasteiger partial charge in [-0.2, -0.15) is 0 Å². The van der Waals surface area contributed by atoms with Crippen LogP contribution < -0.4 is 0 Å². The van der Waals surface area contributed by atoms with Gasteiger partial charge >= 0.3 is 0 Å². The largest absolute Gasteiger partial charge is 0.507 e. The predicted octanol–water partition coefficient (Wildman–Crippen LogP) is 3.92. The minimum Gasteiger partial charge on any atom is -0.507 e. The fourth-order valence-electron chi connectivity index (χ4n) is 1.47. The lowest BCUT2D eigenvalue weighted by molar-refractivity contribution is 0.473. The molecule has 0 aliphatic heterocycles. The van der Waals surface area contributed by atoms with Crippen LogP contribution in [0.15, 0.2) is 42.5 Å². The van der Waals surface area contributed by atoms with Gasteiger partial charge in [-0.25, -0.2) is 0 Å². The fraction of sp³-hybridized carbons (Fsp3) is 0. The van der Waals surface area contributed by atoms with E-state index in [1.54, 1.807) is 42.5 Å². The molecule has 0 atom stereocenters. The summed E-state index contributed by atoms with van der Waals surface area (Å²) in [5.74, 6) is 0.353. The molecule has 0 radical (unpaired) electrons. The van der Waals surface area contributed by atoms with Crippen LogP contribution in [0.1, 0.15) is 11.1 Å². The van der Waals surface area contributed by atoms with Crippen LogP contribution in [0.25, 0.3) is 12.2 Å². The van der Waals surface area contributed by atoms with E-state index < -0.39 is 0 Å². The zero-order valence-electron chi connectivity index (χ0n) is 8.97. The van der Waals surface area contributed by atoms with E-state index in [1.165, 1.54) is 6.07 Å². The molecule has 0 amide bonds. The molecule has 17 heavy (non-hydrogen) atoms. The topological polar surface area (TPSA) is 40.5 Å². The van der Waals surface area contributed by atoms with E-state index in [0.29, 0.717) is 16.1 Å². The molecule has 2 nitrogen and oxygen atoms in total. The molecule has 2 N–H and O–H groups in total. The van der Waals surface area contributed by atoms with Crippen LogP contribution in [0.3, 0.4) is 0 Å². The Bertz CT molecular complexity index is 562. The third-order valence-corrected chi connectivity index (χ3v) is 2.60. The van der Waals surface area contributed by atoms with Crippen molar-refractivity contribution in [1.82, 2.24) is 0 Å². The van der Waals surface area contributed by atoms with Gasteiger partial charge in [-0.15, -0.1) is 0 Å². The highest BCUT2D eigenvalue weighted by Gasteiger charge is 1.99. The van der Waals surface area contributed by atoms with Crippen LogP contribution in [0.5, 0.6) is 11.5 Å². The summed E-state index contributed by atoms with van der Waals surface area (Å²) < 4.78 is 0. The molecule has 0 aliphatic carbocycles. The fourth-order valence-corrected chi connectivity index (χ4v) is 1.65. The number of phenols is 2. The number of hydrogen-bond acceptors (Lipinski definition) is 2. The molecule has 0 aliphatic rings. The molecule has 0 spiro atoms. The third kappa shape index (κ3) is 2.80. The van der Waals surface area contributed by atoms with Crippen LogP contribution in [0.4, 0.5) is 0 Å². The van der Waals surface area contributed by atoms with Gasteiger partial charge in [0.1, 0.15) is 11.5 Å². The number of phenolic OH excluding ortho intramolecular Hbond substituents is 2. The van der Waals surface area contributed by atoms with Crippen molar-refractivity contribution in [1.29, 1.82) is 0 Å². The van der Waals surface area contributed by atoms with Crippen LogP contribution in [-0.2, 0) is 0 Å². The van der Waals surface area contributed by atoms with Crippen molar-refractivity contribution in [3.8, 4) is 11.5 Å². The Hall–Kier alpha value is -1.93. The molecule has 2 aromatic rings. The summed E-state index contributed by atoms with van der Waals surface area (Å²) in [6.07, 6.45) is 3.43. The monoisotopic (exact) mass is 246 g/mol. The minimum atomic E-state index is 0.154. The normalized spacial score (nSPS) is 10.9. The molecule has 0 heterocycles. The van der Waals surface area contributed by atoms with Gasteiger partial charge in [0.25, 0.3) is 0 Å². The first-order valence-corrected chi connectivity index (χ1v) is 5.49. The zero-order valence-corrected chi connectivity index (χ0v) is 9.72. The maximum absolute atomic E-state index is 9.61. The molecular formula is C14H11ClO2. The first kappa shape index (κ1) is 11.6. The van der Waals surface area contributed by atoms with E-state index in [2.05, 4.69) is 0 Å². The maximum Gasteiger partial charge on any atom is 0.122 e. The lowest BCUT2D eigenvalue weighted by atomic mass is 10.1. The lowest BCUT2D eigenvalue weighted by Gasteiger charge is -2.00. The van der Waals surface area contributed by atoms with Crippen LogP contribution in [-0.4, -0.2) is 10.2 Å². The highest BCUT2D eigenvalue weighted by atomic mass is 35.5. The number of para-hydroxylation sites is 1. The molecule has 2 aromatic carbocycles. The van der Waals surface area contributed by atoms with Gasteiger partial charge in [0.2, 0.25) is 0 Å². The van der Waals surface area contributed by atoms with E-state index in [4.69, 9.17) is 11.6 Å². The SMILES string of the molecule is Oc1ccccc1/C=C/c1cc(Cl)ccc1O. The third-order valence-electron chi connectivity index (χ3n) is 2.37. The number of halogens is 1. The van der Waals surface area contributed by atoms with E-state index in [9.17, 15) is 10.2 Å². The van der Waals surface area contributed by atoms with E-state index in [1.807, 2.05) is 6.07 Å². The van der Waals surface area contributed by atoms with Gasteiger partial charge in [-0.3, -0.25) is 0 Å². The number of rotatable bonds is 2. The average Bonchev–Trinajstić information content (AvgIpc) is 2.32. The van der Waals surface area contributed by atoms with Crippen LogP contribution >= 0.6 is 11.6 Å². The molecule has 0 saturated heterocycles. The molecule has 3 heteroatoms. The quantitative estimate of drug-likeness (QED) is 0.789. The van der Waals surface area contributed by atoms with Gasteiger partial charge in [0, 0.05) is 16.1 Å². The number of aromatic hydroxyl groups is 2. The van der Waals surface area contributed by atoms with E-state index in [-0.39, 0.29) is 11.5 Å². The highest BCUT2D eigenvalue weighted by Crippen LogP contribution is 2.25. The van der Waals surface area contributed by atoms with E-state index >= 15 is 0 Å². The molecule has 86 valence electrons. The lowest BCUT2D eigenvalue weighted by Crippen LogP contribution is -1.76. The van der Waals surface area contributed by atoms with Crippen LogP contribution in [0.2, 0.25) is 5.02 Å². The van der Waals surface area contributed by atoms with Gasteiger partial charge in [0.15, 0.2) is 0 Å². The Kier molecular flexibility index (Phi) is 3.35. The van der Waals surface area contributed by atoms with Crippen molar-refractivity contribution in [2.24, 2.45) is 0 Å². The molecule has 0 fully saturated rings. The second-order valence-corrected chi connectivity index (χ2v) is 4.03. The van der Waals surface area contributed by atoms with Crippen molar-refractivity contribution in [2.45, 2.75) is 0 Å². The summed E-state index contributed by atoms with van der Waals surface area (Å²) in [7, 11) is 0. The van der Waals surface area contributed by atoms with E-state index in [0.717, 1.165) is 0 Å². The summed E-state index contributed by atoms with van der Waals surface area (Å²) in [6.45, 7) is 0. The molecule has 0 aromatic heterocycles. The first-order valence-electron chi connectivity index (χ1n) is 5.11. The minimum absolute atomic E-state index is 0.154. The Labute approximate surface area is 104 Å². The van der Waals surface area contributed by atoms with Crippen molar-refractivity contribution < 1.29 is 10.2 Å². The predicted molar refractivity (Wildman–Crippen MR) is 70.2 cm³/mol. The summed E-state index contributed by atoms with van der Waals surface area (Å²) in [4.78, 5) is 0. The van der Waals surface area contributed by atoms with Crippen molar-refractivity contribution in [2.75, 3.05) is 0 Å². The van der Waals surface area contributed by atoms with Crippen LogP contribution in [0, 0.1) is 0 Å². The second-order valence-electron chi connectivity index (χ2n) is 3.60. The molecule has 2 rings (SSSR count). The Morgan fingerprint density at radius 2 is 1.47 bits per heavy atom. The first-order chi connectivity index (χ1) is 8.16. The summed E-state index contributed by atoms with van der Waals surface area (Å²) in [5, 5.41) is 19.7. The van der Waals surface area contributed by atoms with Crippen molar-refractivity contribution >= 4 is 23.8 Å². The highest BCUT2D eigenvalue weighted by molar-refractivity contribution is 6.30. The van der Waals surface area contributed by atoms with Gasteiger partial charge in [-0.05, 0) is 24.3 Å². The Morgan fingerprint density at radius 1 is 0.824 bits per heavy atom. The maximum atomic E-state index is 9.61. The Morgan fingerprint density at radius 3 is 2.24 bits per heavy atom. The smallest absolute Gasteiger partial charge is 0.122 e.